The molecule has 1 N–H and O–H groups in total. The van der Waals surface area contributed by atoms with E-state index in [0.717, 1.165) is 18.4 Å². The number of esters is 1. The summed E-state index contributed by atoms with van der Waals surface area (Å²) in [5.41, 5.74) is 0.379. The minimum atomic E-state index is -3.50. The molecule has 2 unspecified atom stereocenters. The van der Waals surface area contributed by atoms with Crippen LogP contribution in [0.2, 0.25) is 0 Å². The van der Waals surface area contributed by atoms with Crippen LogP contribution < -0.4 is 5.32 Å². The lowest BCUT2D eigenvalue weighted by molar-refractivity contribution is -0.157. The van der Waals surface area contributed by atoms with Crippen LogP contribution in [0.25, 0.3) is 0 Å². The van der Waals surface area contributed by atoms with Gasteiger partial charge in [0.2, 0.25) is 0 Å². The monoisotopic (exact) mass is 425 g/mol. The van der Waals surface area contributed by atoms with Gasteiger partial charge in [0.05, 0.1) is 13.2 Å². The van der Waals surface area contributed by atoms with E-state index >= 15 is 0 Å². The Morgan fingerprint density at radius 2 is 1.66 bits per heavy atom. The molecule has 0 spiro atoms. The number of rotatable bonds is 11. The van der Waals surface area contributed by atoms with Crippen molar-refractivity contribution in [3.8, 4) is 0 Å². The van der Waals surface area contributed by atoms with E-state index in [-0.39, 0.29) is 25.1 Å². The van der Waals surface area contributed by atoms with Gasteiger partial charge in [-0.1, -0.05) is 30.3 Å². The average molecular weight is 426 g/mol. The van der Waals surface area contributed by atoms with Crippen LogP contribution in [0.5, 0.6) is 0 Å². The number of nitrogens with one attached hydrogen (secondary N) is 1. The molecule has 2 atom stereocenters. The zero-order chi connectivity index (χ0) is 21.7. The molecule has 1 aliphatic rings. The molecule has 1 fully saturated rings. The van der Waals surface area contributed by atoms with Gasteiger partial charge in [-0.3, -0.25) is 14.7 Å². The lowest BCUT2D eigenvalue weighted by Gasteiger charge is -2.39. The zero-order valence-electron chi connectivity index (χ0n) is 18.6. The van der Waals surface area contributed by atoms with Crippen molar-refractivity contribution < 1.29 is 23.1 Å². The third-order valence-electron chi connectivity index (χ3n) is 4.98. The van der Waals surface area contributed by atoms with Crippen molar-refractivity contribution in [3.63, 3.8) is 0 Å². The van der Waals surface area contributed by atoms with E-state index in [0.29, 0.717) is 6.42 Å². The SMILES string of the molecule is CCOP(=O)(OCC)C(C)(NC(Cc1ccccc1)C(=O)OC(C)(C)C)C1CC1. The summed E-state index contributed by atoms with van der Waals surface area (Å²) in [5, 5.41) is 2.42. The summed E-state index contributed by atoms with van der Waals surface area (Å²) >= 11 is 0. The van der Waals surface area contributed by atoms with Crippen molar-refractivity contribution in [1.29, 1.82) is 0 Å². The maximum absolute atomic E-state index is 13.8. The molecule has 1 aromatic rings. The van der Waals surface area contributed by atoms with Gasteiger partial charge in [0.15, 0.2) is 0 Å². The molecular formula is C22H36NO5P. The molecule has 164 valence electrons. The van der Waals surface area contributed by atoms with E-state index < -0.39 is 24.5 Å². The molecule has 0 bridgehead atoms. The van der Waals surface area contributed by atoms with E-state index in [2.05, 4.69) is 5.32 Å². The quantitative estimate of drug-likeness (QED) is 0.401. The average Bonchev–Trinajstić information content (AvgIpc) is 3.46. The second-order valence-corrected chi connectivity index (χ2v) is 11.1. The topological polar surface area (TPSA) is 73.9 Å². The number of hydrogen-bond acceptors (Lipinski definition) is 6. The van der Waals surface area contributed by atoms with Crippen molar-refractivity contribution in [2.24, 2.45) is 5.92 Å². The first-order valence-corrected chi connectivity index (χ1v) is 12.0. The Morgan fingerprint density at radius 3 is 2.10 bits per heavy atom. The molecule has 0 amide bonds. The zero-order valence-corrected chi connectivity index (χ0v) is 19.5. The smallest absolute Gasteiger partial charge is 0.350 e. The summed E-state index contributed by atoms with van der Waals surface area (Å²) in [6.07, 6.45) is 2.26. The summed E-state index contributed by atoms with van der Waals surface area (Å²) in [7, 11) is -3.50. The number of ether oxygens (including phenoxy) is 1. The van der Waals surface area contributed by atoms with E-state index in [1.807, 2.05) is 58.0 Å². The van der Waals surface area contributed by atoms with Crippen molar-refractivity contribution in [2.75, 3.05) is 13.2 Å². The Kier molecular flexibility index (Phi) is 8.08. The van der Waals surface area contributed by atoms with Crippen LogP contribution in [0.1, 0.15) is 59.9 Å². The maximum atomic E-state index is 13.8. The van der Waals surface area contributed by atoms with Gasteiger partial charge in [-0.2, -0.15) is 0 Å². The lowest BCUT2D eigenvalue weighted by atomic mass is 10.0. The third-order valence-corrected chi connectivity index (χ3v) is 7.81. The highest BCUT2D eigenvalue weighted by molar-refractivity contribution is 7.55. The molecule has 0 aliphatic heterocycles. The van der Waals surface area contributed by atoms with Crippen LogP contribution in [0.3, 0.4) is 0 Å². The fraction of sp³-hybridized carbons (Fsp3) is 0.682. The largest absolute Gasteiger partial charge is 0.459 e. The molecule has 0 heterocycles. The van der Waals surface area contributed by atoms with Gasteiger partial charge >= 0.3 is 13.6 Å². The van der Waals surface area contributed by atoms with E-state index in [1.165, 1.54) is 0 Å². The van der Waals surface area contributed by atoms with Crippen molar-refractivity contribution in [1.82, 2.24) is 5.32 Å². The van der Waals surface area contributed by atoms with Gasteiger partial charge in [-0.15, -0.1) is 0 Å². The van der Waals surface area contributed by atoms with Crippen molar-refractivity contribution in [3.05, 3.63) is 35.9 Å². The minimum absolute atomic E-state index is 0.118. The second kappa shape index (κ2) is 9.74. The van der Waals surface area contributed by atoms with E-state index in [9.17, 15) is 9.36 Å². The Morgan fingerprint density at radius 1 is 1.10 bits per heavy atom. The van der Waals surface area contributed by atoms with Crippen molar-refractivity contribution in [2.45, 2.75) is 77.7 Å². The van der Waals surface area contributed by atoms with Gasteiger partial charge < -0.3 is 13.8 Å². The van der Waals surface area contributed by atoms with Crippen LogP contribution in [-0.4, -0.2) is 36.1 Å². The molecule has 2 rings (SSSR count). The highest BCUT2D eigenvalue weighted by Crippen LogP contribution is 2.66. The van der Waals surface area contributed by atoms with Crippen LogP contribution in [0.15, 0.2) is 30.3 Å². The molecule has 7 heteroatoms. The fourth-order valence-corrected chi connectivity index (χ4v) is 5.79. The fourth-order valence-electron chi connectivity index (χ4n) is 3.48. The summed E-state index contributed by atoms with van der Waals surface area (Å²) < 4.78 is 30.8. The highest BCUT2D eigenvalue weighted by Gasteiger charge is 2.57. The molecule has 0 aromatic heterocycles. The Balaban J connectivity index is 2.36. The Bertz CT molecular complexity index is 704. The minimum Gasteiger partial charge on any atom is -0.459 e. The molecule has 29 heavy (non-hydrogen) atoms. The standard InChI is InChI=1S/C22H36NO5P/c1-7-26-29(25,27-8-2)22(6,18-14-15-18)23-19(20(24)28-21(3,4)5)16-17-12-10-9-11-13-17/h9-13,18-19,23H,7-8,14-16H2,1-6H3. The molecule has 0 radical (unpaired) electrons. The molecular weight excluding hydrogens is 389 g/mol. The first-order chi connectivity index (χ1) is 13.5. The lowest BCUT2D eigenvalue weighted by Crippen LogP contribution is -2.55. The van der Waals surface area contributed by atoms with Gasteiger partial charge in [0.1, 0.15) is 16.9 Å². The Labute approximate surface area is 175 Å². The van der Waals surface area contributed by atoms with Gasteiger partial charge in [-0.05, 0) is 72.3 Å². The van der Waals surface area contributed by atoms with Crippen LogP contribution in [0.4, 0.5) is 0 Å². The highest BCUT2D eigenvalue weighted by atomic mass is 31.2. The first-order valence-electron chi connectivity index (χ1n) is 10.5. The number of hydrogen-bond donors (Lipinski definition) is 1. The van der Waals surface area contributed by atoms with Gasteiger partial charge in [0.25, 0.3) is 0 Å². The number of benzene rings is 1. The predicted molar refractivity (Wildman–Crippen MR) is 115 cm³/mol. The molecule has 6 nitrogen and oxygen atoms in total. The second-order valence-electron chi connectivity index (χ2n) is 8.67. The van der Waals surface area contributed by atoms with E-state index in [1.54, 1.807) is 13.8 Å². The normalized spacial score (nSPS) is 18.1. The van der Waals surface area contributed by atoms with Gasteiger partial charge in [0, 0.05) is 0 Å². The Hall–Kier alpha value is -1.20. The summed E-state index contributed by atoms with van der Waals surface area (Å²) in [6, 6.07) is 9.08. The number of carbonyl (C=O) groups excluding carboxylic acids is 1. The molecule has 0 saturated heterocycles. The molecule has 1 saturated carbocycles. The van der Waals surface area contributed by atoms with Gasteiger partial charge in [-0.25, -0.2) is 0 Å². The first kappa shape index (κ1) is 24.1. The third kappa shape index (κ3) is 6.39. The number of carbonyl (C=O) groups is 1. The van der Waals surface area contributed by atoms with Crippen LogP contribution >= 0.6 is 7.60 Å². The predicted octanol–water partition coefficient (Wildman–Crippen LogP) is 4.92. The summed E-state index contributed by atoms with van der Waals surface area (Å²) in [4.78, 5) is 13.1. The van der Waals surface area contributed by atoms with Crippen LogP contribution in [0, 0.1) is 5.92 Å². The maximum Gasteiger partial charge on any atom is 0.350 e. The van der Waals surface area contributed by atoms with Crippen LogP contribution in [-0.2, 0) is 29.6 Å². The van der Waals surface area contributed by atoms with E-state index in [4.69, 9.17) is 13.8 Å². The summed E-state index contributed by atoms with van der Waals surface area (Å²) in [6.45, 7) is 11.5. The molecule has 1 aliphatic carbocycles. The van der Waals surface area contributed by atoms with Crippen molar-refractivity contribution >= 4 is 13.6 Å². The molecule has 1 aromatic carbocycles. The summed E-state index contributed by atoms with van der Waals surface area (Å²) in [5.74, 6) is -0.250.